The third-order valence-corrected chi connectivity index (χ3v) is 5.64. The van der Waals surface area contributed by atoms with E-state index in [2.05, 4.69) is 34.8 Å². The topological polar surface area (TPSA) is 67.9 Å². The van der Waals surface area contributed by atoms with Crippen molar-refractivity contribution in [3.63, 3.8) is 0 Å². The Morgan fingerprint density at radius 2 is 1.87 bits per heavy atom. The maximum atomic E-state index is 13.2. The molecule has 2 aromatic carbocycles. The molecule has 0 radical (unpaired) electrons. The van der Waals surface area contributed by atoms with Gasteiger partial charge in [0.15, 0.2) is 16.6 Å². The number of amides is 2. The van der Waals surface area contributed by atoms with E-state index in [4.69, 9.17) is 21.7 Å². The maximum absolute atomic E-state index is 13.2. The quantitative estimate of drug-likeness (QED) is 0.261. The van der Waals surface area contributed by atoms with Crippen LogP contribution in [0, 0.1) is 3.57 Å². The summed E-state index contributed by atoms with van der Waals surface area (Å²) in [6, 6.07) is 11.1. The zero-order chi connectivity index (χ0) is 21.8. The highest BCUT2D eigenvalue weighted by atomic mass is 127. The average molecular weight is 536 g/mol. The zero-order valence-electron chi connectivity index (χ0n) is 16.8. The van der Waals surface area contributed by atoms with Crippen LogP contribution >= 0.6 is 34.8 Å². The zero-order valence-corrected chi connectivity index (χ0v) is 19.8. The molecule has 1 saturated heterocycles. The molecule has 0 atom stereocenters. The van der Waals surface area contributed by atoms with E-state index in [1.54, 1.807) is 13.2 Å². The van der Waals surface area contributed by atoms with Crippen LogP contribution in [0.5, 0.6) is 11.5 Å². The van der Waals surface area contributed by atoms with Crippen molar-refractivity contribution in [2.75, 3.05) is 18.6 Å². The van der Waals surface area contributed by atoms with E-state index < -0.39 is 11.8 Å². The van der Waals surface area contributed by atoms with Crippen LogP contribution in [0.3, 0.4) is 0 Å². The third kappa shape index (κ3) is 4.49. The van der Waals surface area contributed by atoms with E-state index in [0.717, 1.165) is 15.6 Å². The molecule has 0 bridgehead atoms. The molecule has 2 aromatic rings. The lowest BCUT2D eigenvalue weighted by Crippen LogP contribution is -2.54. The molecular weight excluding hydrogens is 515 g/mol. The first-order chi connectivity index (χ1) is 14.4. The number of carbonyl (C=O) groups is 2. The number of ether oxygens (including phenoxy) is 2. The Balaban J connectivity index is 2.02. The lowest BCUT2D eigenvalue weighted by atomic mass is 10.1. The second-order valence-electron chi connectivity index (χ2n) is 6.44. The van der Waals surface area contributed by atoms with Gasteiger partial charge in [0, 0.05) is 0 Å². The third-order valence-electron chi connectivity index (χ3n) is 4.55. The molecule has 1 aliphatic heterocycles. The van der Waals surface area contributed by atoms with Gasteiger partial charge in [0.25, 0.3) is 11.8 Å². The molecule has 1 N–H and O–H groups in total. The number of benzene rings is 2. The van der Waals surface area contributed by atoms with E-state index in [-0.39, 0.29) is 10.7 Å². The minimum absolute atomic E-state index is 0.00779. The first kappa shape index (κ1) is 22.2. The van der Waals surface area contributed by atoms with E-state index in [9.17, 15) is 9.59 Å². The predicted octanol–water partition coefficient (Wildman–Crippen LogP) is 4.09. The first-order valence-electron chi connectivity index (χ1n) is 9.40. The van der Waals surface area contributed by atoms with Crippen molar-refractivity contribution in [1.29, 1.82) is 0 Å². The Morgan fingerprint density at radius 3 is 2.47 bits per heavy atom. The highest BCUT2D eigenvalue weighted by molar-refractivity contribution is 14.1. The van der Waals surface area contributed by atoms with Crippen LogP contribution in [0.4, 0.5) is 5.69 Å². The Labute approximate surface area is 194 Å². The highest BCUT2D eigenvalue weighted by Crippen LogP contribution is 2.35. The van der Waals surface area contributed by atoms with Crippen LogP contribution in [0.2, 0.25) is 0 Å². The smallest absolute Gasteiger partial charge is 0.270 e. The molecule has 2 amide bonds. The summed E-state index contributed by atoms with van der Waals surface area (Å²) in [6.07, 6.45) is 2.43. The number of nitrogens with one attached hydrogen (secondary N) is 1. The molecular formula is C22H21IN2O4S. The molecule has 1 aliphatic rings. The second kappa shape index (κ2) is 9.57. The van der Waals surface area contributed by atoms with Crippen molar-refractivity contribution < 1.29 is 19.1 Å². The van der Waals surface area contributed by atoms with Gasteiger partial charge in [0.2, 0.25) is 0 Å². The number of nitrogens with zero attached hydrogens (tertiary/aromatic N) is 1. The predicted molar refractivity (Wildman–Crippen MR) is 129 cm³/mol. The van der Waals surface area contributed by atoms with Gasteiger partial charge in [-0.05, 0) is 89.6 Å². The van der Waals surface area contributed by atoms with Gasteiger partial charge in [-0.1, -0.05) is 19.1 Å². The fraction of sp³-hybridized carbons (Fsp3) is 0.227. The Morgan fingerprint density at radius 1 is 1.17 bits per heavy atom. The molecule has 0 spiro atoms. The summed E-state index contributed by atoms with van der Waals surface area (Å²) in [6.45, 7) is 4.39. The monoisotopic (exact) mass is 536 g/mol. The molecule has 1 fully saturated rings. The minimum atomic E-state index is -0.532. The second-order valence-corrected chi connectivity index (χ2v) is 7.99. The van der Waals surface area contributed by atoms with Crippen LogP contribution in [0.1, 0.15) is 25.0 Å². The SMILES string of the molecule is CCOc1cc(/C=C2\C(=O)NC(=S)N(c3ccc(CC)cc3)C2=O)cc(I)c1OC. The summed E-state index contributed by atoms with van der Waals surface area (Å²) < 4.78 is 11.8. The van der Waals surface area contributed by atoms with Crippen molar-refractivity contribution in [2.24, 2.45) is 0 Å². The van der Waals surface area contributed by atoms with Gasteiger partial charge < -0.3 is 9.47 Å². The lowest BCUT2D eigenvalue weighted by Gasteiger charge is -2.29. The number of aryl methyl sites for hydroxylation is 1. The maximum Gasteiger partial charge on any atom is 0.270 e. The lowest BCUT2D eigenvalue weighted by molar-refractivity contribution is -0.122. The number of anilines is 1. The van der Waals surface area contributed by atoms with Crippen LogP contribution < -0.4 is 19.7 Å². The number of thiocarbonyl (C=S) groups is 1. The Hall–Kier alpha value is -2.46. The Kier molecular flexibility index (Phi) is 7.09. The molecule has 0 unspecified atom stereocenters. The molecule has 0 aliphatic carbocycles. The minimum Gasteiger partial charge on any atom is -0.492 e. The van der Waals surface area contributed by atoms with Gasteiger partial charge in [-0.25, -0.2) is 0 Å². The number of hydrogen-bond acceptors (Lipinski definition) is 5. The van der Waals surface area contributed by atoms with Gasteiger partial charge in [-0.15, -0.1) is 0 Å². The Bertz CT molecular complexity index is 1030. The average Bonchev–Trinajstić information content (AvgIpc) is 2.71. The summed E-state index contributed by atoms with van der Waals surface area (Å²) in [5.41, 5.74) is 2.39. The number of halogens is 1. The first-order valence-corrected chi connectivity index (χ1v) is 10.9. The number of carbonyl (C=O) groups excluding carboxylic acids is 2. The summed E-state index contributed by atoms with van der Waals surface area (Å²) >= 11 is 7.39. The molecule has 6 nitrogen and oxygen atoms in total. The van der Waals surface area contributed by atoms with Crippen LogP contribution in [-0.2, 0) is 16.0 Å². The largest absolute Gasteiger partial charge is 0.492 e. The summed E-state index contributed by atoms with van der Waals surface area (Å²) in [5, 5.41) is 2.67. The fourth-order valence-corrected chi connectivity index (χ4v) is 4.20. The van der Waals surface area contributed by atoms with E-state index in [1.165, 1.54) is 11.0 Å². The molecule has 8 heteroatoms. The standard InChI is InChI=1S/C22H21IN2O4S/c1-4-13-6-8-15(9-7-13)25-21(27)16(20(26)24-22(25)30)10-14-11-17(23)19(28-3)18(12-14)29-5-2/h6-12H,4-5H2,1-3H3,(H,24,26,30)/b16-10+. The number of rotatable bonds is 6. The van der Waals surface area contributed by atoms with Crippen molar-refractivity contribution in [2.45, 2.75) is 20.3 Å². The van der Waals surface area contributed by atoms with Crippen molar-refractivity contribution in [1.82, 2.24) is 5.32 Å². The van der Waals surface area contributed by atoms with Gasteiger partial charge in [0.05, 0.1) is 23.0 Å². The van der Waals surface area contributed by atoms with Gasteiger partial charge in [-0.2, -0.15) is 0 Å². The summed E-state index contributed by atoms with van der Waals surface area (Å²) in [5.74, 6) is 0.148. The van der Waals surface area contributed by atoms with Crippen LogP contribution in [0.15, 0.2) is 42.0 Å². The van der Waals surface area contributed by atoms with Crippen molar-refractivity contribution in [3.8, 4) is 11.5 Å². The molecule has 1 heterocycles. The van der Waals surface area contributed by atoms with Crippen LogP contribution in [-0.4, -0.2) is 30.6 Å². The van der Waals surface area contributed by atoms with Crippen LogP contribution in [0.25, 0.3) is 6.08 Å². The molecule has 0 aromatic heterocycles. The fourth-order valence-electron chi connectivity index (χ4n) is 3.07. The molecule has 0 saturated carbocycles. The van der Waals surface area contributed by atoms with E-state index >= 15 is 0 Å². The highest BCUT2D eigenvalue weighted by Gasteiger charge is 2.34. The van der Waals surface area contributed by atoms with Crippen molar-refractivity contribution >= 4 is 63.5 Å². The molecule has 3 rings (SSSR count). The normalized spacial score (nSPS) is 15.4. The molecule has 156 valence electrons. The summed E-state index contributed by atoms with van der Waals surface area (Å²) in [7, 11) is 1.57. The van der Waals surface area contributed by atoms with Gasteiger partial charge in [-0.3, -0.25) is 19.8 Å². The van der Waals surface area contributed by atoms with E-state index in [1.807, 2.05) is 37.3 Å². The van der Waals surface area contributed by atoms with Crippen molar-refractivity contribution in [3.05, 3.63) is 56.7 Å². The number of methoxy groups -OCH3 is 1. The summed E-state index contributed by atoms with van der Waals surface area (Å²) in [4.78, 5) is 27.1. The molecule has 30 heavy (non-hydrogen) atoms. The van der Waals surface area contributed by atoms with Gasteiger partial charge >= 0.3 is 0 Å². The van der Waals surface area contributed by atoms with Gasteiger partial charge in [0.1, 0.15) is 5.57 Å². The number of hydrogen-bond donors (Lipinski definition) is 1. The van der Waals surface area contributed by atoms with E-state index in [0.29, 0.717) is 29.4 Å².